The van der Waals surface area contributed by atoms with Gasteiger partial charge in [-0.2, -0.15) is 0 Å². The normalized spacial score (nSPS) is 26.7. The maximum absolute atomic E-state index is 11.3. The molecule has 1 aliphatic carbocycles. The van der Waals surface area contributed by atoms with E-state index in [0.717, 1.165) is 27.8 Å². The quantitative estimate of drug-likeness (QED) is 0.514. The van der Waals surface area contributed by atoms with Crippen LogP contribution in [0.3, 0.4) is 0 Å². The van der Waals surface area contributed by atoms with Gasteiger partial charge in [0.1, 0.15) is 23.9 Å². The first-order valence-corrected chi connectivity index (χ1v) is 12.1. The van der Waals surface area contributed by atoms with Gasteiger partial charge in [0.25, 0.3) is 0 Å². The summed E-state index contributed by atoms with van der Waals surface area (Å²) >= 11 is 0. The fraction of sp³-hybridized carbons (Fsp3) is 0.333. The minimum atomic E-state index is -0.889. The number of benzene rings is 3. The summed E-state index contributed by atoms with van der Waals surface area (Å²) in [5, 5.41) is 11.3. The van der Waals surface area contributed by atoms with E-state index in [4.69, 9.17) is 18.9 Å². The number of hydrogen-bond acceptors (Lipinski definition) is 5. The highest BCUT2D eigenvalue weighted by Gasteiger charge is 2.59. The second-order valence-electron chi connectivity index (χ2n) is 9.32. The summed E-state index contributed by atoms with van der Waals surface area (Å²) in [5.41, 5.74) is 4.26. The average molecular weight is 473 g/mol. The van der Waals surface area contributed by atoms with Gasteiger partial charge in [0, 0.05) is 6.42 Å². The summed E-state index contributed by atoms with van der Waals surface area (Å²) < 4.78 is 25.4. The molecule has 5 heteroatoms. The van der Waals surface area contributed by atoms with E-state index in [9.17, 15) is 5.11 Å². The summed E-state index contributed by atoms with van der Waals surface area (Å²) in [5.74, 6) is 0. The zero-order valence-electron chi connectivity index (χ0n) is 19.8. The Balaban J connectivity index is 1.44. The van der Waals surface area contributed by atoms with Gasteiger partial charge >= 0.3 is 0 Å². The van der Waals surface area contributed by atoms with Gasteiger partial charge in [-0.3, -0.25) is 0 Å². The van der Waals surface area contributed by atoms with Crippen LogP contribution in [0.15, 0.2) is 97.1 Å². The zero-order chi connectivity index (χ0) is 24.1. The third kappa shape index (κ3) is 5.25. The van der Waals surface area contributed by atoms with Crippen molar-refractivity contribution < 1.29 is 24.1 Å². The van der Waals surface area contributed by atoms with E-state index < -0.39 is 23.9 Å². The first-order chi connectivity index (χ1) is 17.2. The van der Waals surface area contributed by atoms with Crippen LogP contribution in [-0.4, -0.2) is 35.6 Å². The van der Waals surface area contributed by atoms with Gasteiger partial charge in [-0.05, 0) is 27.8 Å². The molecule has 35 heavy (non-hydrogen) atoms. The van der Waals surface area contributed by atoms with Crippen LogP contribution in [0.25, 0.3) is 0 Å². The lowest BCUT2D eigenvalue weighted by molar-refractivity contribution is -0.263. The molecule has 0 aromatic heterocycles. The van der Waals surface area contributed by atoms with E-state index in [1.807, 2.05) is 78.9 Å². The fourth-order valence-corrected chi connectivity index (χ4v) is 4.99. The van der Waals surface area contributed by atoms with Crippen molar-refractivity contribution in [3.05, 3.63) is 119 Å². The molecular weight excluding hydrogens is 440 g/mol. The molecule has 3 aromatic carbocycles. The Morgan fingerprint density at radius 1 is 0.800 bits per heavy atom. The van der Waals surface area contributed by atoms with Crippen LogP contribution in [0, 0.1) is 0 Å². The predicted octanol–water partition coefficient (Wildman–Crippen LogP) is 4.96. The van der Waals surface area contributed by atoms with Gasteiger partial charge in [0.2, 0.25) is 0 Å². The molecule has 1 heterocycles. The molecule has 1 fully saturated rings. The monoisotopic (exact) mass is 472 g/mol. The number of hydrogen-bond donors (Lipinski definition) is 1. The van der Waals surface area contributed by atoms with Gasteiger partial charge in [-0.15, -0.1) is 0 Å². The molecule has 1 spiro atoms. The molecule has 3 unspecified atom stereocenters. The van der Waals surface area contributed by atoms with Crippen molar-refractivity contribution in [3.63, 3.8) is 0 Å². The standard InChI is InChI=1S/C30H32O5/c1-22-16-30(28(22)33-17-23-10-4-2-5-11-23)29(34-18-24-12-6-3-7-13-24)27(31)21-32-19-25-14-8-9-15-26(25)20-35-30/h2-15,27-29,31H,1,16-21H2/t27?,28?,29-,30?/m1/s1. The Labute approximate surface area is 206 Å². The highest BCUT2D eigenvalue weighted by Crippen LogP contribution is 2.48. The molecular formula is C30H32O5. The molecule has 3 aromatic rings. The molecule has 2 aliphatic rings. The molecule has 5 rings (SSSR count). The summed E-state index contributed by atoms with van der Waals surface area (Å²) in [6, 6.07) is 28.1. The van der Waals surface area contributed by atoms with Crippen LogP contribution in [-0.2, 0) is 45.4 Å². The predicted molar refractivity (Wildman–Crippen MR) is 133 cm³/mol. The average Bonchev–Trinajstić information content (AvgIpc) is 2.88. The lowest BCUT2D eigenvalue weighted by Gasteiger charge is -2.55. The number of aliphatic hydroxyl groups is 1. The summed E-state index contributed by atoms with van der Waals surface area (Å²) in [7, 11) is 0. The first-order valence-electron chi connectivity index (χ1n) is 12.1. The Bertz CT molecular complexity index is 1120. The van der Waals surface area contributed by atoms with Gasteiger partial charge < -0.3 is 24.1 Å². The Kier molecular flexibility index (Phi) is 7.42. The molecule has 0 radical (unpaired) electrons. The topological polar surface area (TPSA) is 57.2 Å². The molecule has 5 nitrogen and oxygen atoms in total. The van der Waals surface area contributed by atoms with Crippen LogP contribution in [0.4, 0.5) is 0 Å². The number of rotatable bonds is 6. The molecule has 1 saturated carbocycles. The van der Waals surface area contributed by atoms with E-state index in [-0.39, 0.29) is 6.61 Å². The highest BCUT2D eigenvalue weighted by molar-refractivity contribution is 5.31. The third-order valence-corrected chi connectivity index (χ3v) is 6.84. The number of aliphatic hydroxyl groups excluding tert-OH is 1. The smallest absolute Gasteiger partial charge is 0.131 e. The van der Waals surface area contributed by atoms with Crippen molar-refractivity contribution in [2.24, 2.45) is 0 Å². The zero-order valence-corrected chi connectivity index (χ0v) is 19.8. The van der Waals surface area contributed by atoms with Crippen molar-refractivity contribution in [2.75, 3.05) is 6.61 Å². The Morgan fingerprint density at radius 3 is 2.00 bits per heavy atom. The maximum Gasteiger partial charge on any atom is 0.131 e. The van der Waals surface area contributed by atoms with E-state index in [1.54, 1.807) is 0 Å². The largest absolute Gasteiger partial charge is 0.388 e. The van der Waals surface area contributed by atoms with Crippen molar-refractivity contribution in [1.82, 2.24) is 0 Å². The van der Waals surface area contributed by atoms with E-state index in [1.165, 1.54) is 0 Å². The van der Waals surface area contributed by atoms with E-state index >= 15 is 0 Å². The summed E-state index contributed by atoms with van der Waals surface area (Å²) in [6.45, 7) is 5.94. The molecule has 182 valence electrons. The van der Waals surface area contributed by atoms with Gasteiger partial charge in [-0.25, -0.2) is 0 Å². The second-order valence-corrected chi connectivity index (χ2v) is 9.32. The highest BCUT2D eigenvalue weighted by atomic mass is 16.6. The number of fused-ring (bicyclic) bond motifs is 1. The molecule has 0 amide bonds. The number of ether oxygens (including phenoxy) is 4. The van der Waals surface area contributed by atoms with E-state index in [0.29, 0.717) is 32.8 Å². The Hall–Kier alpha value is -2.80. The molecule has 0 saturated heterocycles. The first kappa shape index (κ1) is 23.9. The molecule has 4 atom stereocenters. The van der Waals surface area contributed by atoms with Gasteiger partial charge in [-0.1, -0.05) is 91.5 Å². The summed E-state index contributed by atoms with van der Waals surface area (Å²) in [6.07, 6.45) is -1.41. The molecule has 1 N–H and O–H groups in total. The van der Waals surface area contributed by atoms with Crippen molar-refractivity contribution >= 4 is 0 Å². The SMILES string of the molecule is C=C1CC2(OCc3ccccc3COCC(O)[C@H]2OCc2ccccc2)C1OCc1ccccc1. The lowest BCUT2D eigenvalue weighted by atomic mass is 9.67. The van der Waals surface area contributed by atoms with Gasteiger partial charge in [0.15, 0.2) is 0 Å². The van der Waals surface area contributed by atoms with Crippen molar-refractivity contribution in [3.8, 4) is 0 Å². The summed E-state index contributed by atoms with van der Waals surface area (Å²) in [4.78, 5) is 0. The fourth-order valence-electron chi connectivity index (χ4n) is 4.99. The van der Waals surface area contributed by atoms with Crippen LogP contribution < -0.4 is 0 Å². The Morgan fingerprint density at radius 2 is 1.37 bits per heavy atom. The van der Waals surface area contributed by atoms with Crippen LogP contribution >= 0.6 is 0 Å². The maximum atomic E-state index is 11.3. The third-order valence-electron chi connectivity index (χ3n) is 6.84. The lowest BCUT2D eigenvalue weighted by Crippen LogP contribution is -2.67. The van der Waals surface area contributed by atoms with Crippen molar-refractivity contribution in [1.29, 1.82) is 0 Å². The molecule has 0 bridgehead atoms. The van der Waals surface area contributed by atoms with E-state index in [2.05, 4.69) is 12.6 Å². The van der Waals surface area contributed by atoms with Crippen LogP contribution in [0.1, 0.15) is 28.7 Å². The van der Waals surface area contributed by atoms with Crippen LogP contribution in [0.5, 0.6) is 0 Å². The van der Waals surface area contributed by atoms with Gasteiger partial charge in [0.05, 0.1) is 33.0 Å². The van der Waals surface area contributed by atoms with Crippen LogP contribution in [0.2, 0.25) is 0 Å². The molecule has 1 aliphatic heterocycles. The van der Waals surface area contributed by atoms with Crippen molar-refractivity contribution in [2.45, 2.75) is 56.8 Å². The minimum absolute atomic E-state index is 0.136. The minimum Gasteiger partial charge on any atom is -0.388 e. The second kappa shape index (κ2) is 10.9.